The summed E-state index contributed by atoms with van der Waals surface area (Å²) in [6.07, 6.45) is 4.40. The molecule has 1 aliphatic rings. The molecule has 3 N–H and O–H groups in total. The van der Waals surface area contributed by atoms with Gasteiger partial charge in [-0.05, 0) is 35.4 Å². The quantitative estimate of drug-likeness (QED) is 0.658. The Labute approximate surface area is 117 Å². The summed E-state index contributed by atoms with van der Waals surface area (Å²) in [6, 6.07) is 9.68. The zero-order valence-corrected chi connectivity index (χ0v) is 11.1. The molecule has 0 radical (unpaired) electrons. The molecule has 2 heterocycles. The van der Waals surface area contributed by atoms with Crippen molar-refractivity contribution in [3.05, 3.63) is 53.9 Å². The highest BCUT2D eigenvalue weighted by Gasteiger charge is 2.16. The first-order valence-electron chi connectivity index (χ1n) is 6.64. The SMILES string of the molecule is NNC(c1ccncc1)c1ccc2c(c1)OCCCO2. The van der Waals surface area contributed by atoms with Gasteiger partial charge < -0.3 is 9.47 Å². The molecule has 5 nitrogen and oxygen atoms in total. The average Bonchev–Trinajstić information content (AvgIpc) is 2.74. The van der Waals surface area contributed by atoms with Crippen LogP contribution in [0.25, 0.3) is 0 Å². The van der Waals surface area contributed by atoms with Crippen molar-refractivity contribution in [3.8, 4) is 11.5 Å². The van der Waals surface area contributed by atoms with Crippen LogP contribution in [0.1, 0.15) is 23.6 Å². The van der Waals surface area contributed by atoms with E-state index >= 15 is 0 Å². The number of pyridine rings is 1. The molecular formula is C15H17N3O2. The Hall–Kier alpha value is -2.11. The van der Waals surface area contributed by atoms with Crippen molar-refractivity contribution in [2.75, 3.05) is 13.2 Å². The lowest BCUT2D eigenvalue weighted by atomic mass is 10.00. The molecule has 20 heavy (non-hydrogen) atoms. The van der Waals surface area contributed by atoms with Crippen LogP contribution in [0.4, 0.5) is 0 Å². The summed E-state index contributed by atoms with van der Waals surface area (Å²) in [6.45, 7) is 1.36. The second-order valence-electron chi connectivity index (χ2n) is 4.64. The van der Waals surface area contributed by atoms with Crippen molar-refractivity contribution in [2.45, 2.75) is 12.5 Å². The number of hydrazine groups is 1. The summed E-state index contributed by atoms with van der Waals surface area (Å²) >= 11 is 0. The van der Waals surface area contributed by atoms with Crippen LogP contribution in [-0.2, 0) is 0 Å². The Morgan fingerprint density at radius 3 is 2.50 bits per heavy atom. The summed E-state index contributed by atoms with van der Waals surface area (Å²) in [5, 5.41) is 0. The number of benzene rings is 1. The Morgan fingerprint density at radius 1 is 1.00 bits per heavy atom. The molecule has 5 heteroatoms. The molecule has 3 rings (SSSR count). The molecule has 0 aliphatic carbocycles. The fraction of sp³-hybridized carbons (Fsp3) is 0.267. The third-order valence-corrected chi connectivity index (χ3v) is 3.31. The first-order valence-corrected chi connectivity index (χ1v) is 6.64. The Bertz CT molecular complexity index is 575. The van der Waals surface area contributed by atoms with Gasteiger partial charge in [0.05, 0.1) is 19.3 Å². The highest BCUT2D eigenvalue weighted by molar-refractivity contribution is 5.46. The second kappa shape index (κ2) is 5.90. The van der Waals surface area contributed by atoms with Crippen LogP contribution in [0.3, 0.4) is 0 Å². The van der Waals surface area contributed by atoms with Gasteiger partial charge in [-0.3, -0.25) is 10.8 Å². The predicted molar refractivity (Wildman–Crippen MR) is 75.5 cm³/mol. The van der Waals surface area contributed by atoms with E-state index < -0.39 is 0 Å². The van der Waals surface area contributed by atoms with E-state index in [0.29, 0.717) is 13.2 Å². The number of hydrogen-bond acceptors (Lipinski definition) is 5. The molecule has 0 spiro atoms. The van der Waals surface area contributed by atoms with E-state index in [2.05, 4.69) is 10.4 Å². The summed E-state index contributed by atoms with van der Waals surface area (Å²) < 4.78 is 11.3. The largest absolute Gasteiger partial charge is 0.490 e. The van der Waals surface area contributed by atoms with Crippen molar-refractivity contribution in [1.82, 2.24) is 10.4 Å². The molecule has 0 amide bonds. The van der Waals surface area contributed by atoms with Gasteiger partial charge in [-0.25, -0.2) is 5.43 Å². The van der Waals surface area contributed by atoms with Crippen LogP contribution in [-0.4, -0.2) is 18.2 Å². The van der Waals surface area contributed by atoms with Gasteiger partial charge in [0.2, 0.25) is 0 Å². The molecule has 1 unspecified atom stereocenters. The standard InChI is InChI=1S/C15H17N3O2/c16-18-15(11-4-6-17-7-5-11)12-2-3-13-14(10-12)20-9-1-8-19-13/h2-7,10,15,18H,1,8-9,16H2. The fourth-order valence-corrected chi connectivity index (χ4v) is 2.30. The van der Waals surface area contributed by atoms with Crippen LogP contribution >= 0.6 is 0 Å². The molecule has 104 valence electrons. The number of nitrogens with zero attached hydrogens (tertiary/aromatic N) is 1. The second-order valence-corrected chi connectivity index (χ2v) is 4.64. The monoisotopic (exact) mass is 271 g/mol. The highest BCUT2D eigenvalue weighted by atomic mass is 16.5. The van der Waals surface area contributed by atoms with E-state index in [1.807, 2.05) is 30.3 Å². The van der Waals surface area contributed by atoms with Crippen LogP contribution < -0.4 is 20.7 Å². The van der Waals surface area contributed by atoms with Crippen LogP contribution in [0.5, 0.6) is 11.5 Å². The zero-order valence-electron chi connectivity index (χ0n) is 11.1. The van der Waals surface area contributed by atoms with Gasteiger partial charge in [-0.1, -0.05) is 6.07 Å². The number of ether oxygens (including phenoxy) is 2. The van der Waals surface area contributed by atoms with Crippen LogP contribution in [0.15, 0.2) is 42.7 Å². The summed E-state index contributed by atoms with van der Waals surface area (Å²) in [4.78, 5) is 4.03. The number of aromatic nitrogens is 1. The van der Waals surface area contributed by atoms with E-state index in [-0.39, 0.29) is 6.04 Å². The normalized spacial score (nSPS) is 15.4. The van der Waals surface area contributed by atoms with E-state index in [1.54, 1.807) is 12.4 Å². The van der Waals surface area contributed by atoms with Gasteiger partial charge in [0.25, 0.3) is 0 Å². The van der Waals surface area contributed by atoms with Gasteiger partial charge in [0.15, 0.2) is 11.5 Å². The van der Waals surface area contributed by atoms with Crippen molar-refractivity contribution >= 4 is 0 Å². The molecule has 1 aromatic carbocycles. The predicted octanol–water partition coefficient (Wildman–Crippen LogP) is 1.80. The zero-order chi connectivity index (χ0) is 13.8. The fourth-order valence-electron chi connectivity index (χ4n) is 2.30. The van der Waals surface area contributed by atoms with Crippen LogP contribution in [0, 0.1) is 0 Å². The maximum absolute atomic E-state index is 5.71. The highest BCUT2D eigenvalue weighted by Crippen LogP contribution is 2.33. The van der Waals surface area contributed by atoms with Gasteiger partial charge in [0.1, 0.15) is 0 Å². The number of fused-ring (bicyclic) bond motifs is 1. The Balaban J connectivity index is 1.94. The lowest BCUT2D eigenvalue weighted by Crippen LogP contribution is -2.28. The number of nitrogens with one attached hydrogen (secondary N) is 1. The van der Waals surface area contributed by atoms with Crippen molar-refractivity contribution in [1.29, 1.82) is 0 Å². The third kappa shape index (κ3) is 2.59. The van der Waals surface area contributed by atoms with Gasteiger partial charge in [-0.15, -0.1) is 0 Å². The molecule has 0 bridgehead atoms. The molecule has 0 fully saturated rings. The van der Waals surface area contributed by atoms with Crippen LogP contribution in [0.2, 0.25) is 0 Å². The molecule has 0 saturated heterocycles. The molecule has 1 atom stereocenters. The molecular weight excluding hydrogens is 254 g/mol. The molecule has 1 aromatic heterocycles. The smallest absolute Gasteiger partial charge is 0.161 e. The van der Waals surface area contributed by atoms with Gasteiger partial charge >= 0.3 is 0 Å². The maximum Gasteiger partial charge on any atom is 0.161 e. The summed E-state index contributed by atoms with van der Waals surface area (Å²) in [5.41, 5.74) is 4.92. The molecule has 0 saturated carbocycles. The van der Waals surface area contributed by atoms with E-state index in [4.69, 9.17) is 15.3 Å². The first-order chi connectivity index (χ1) is 9.88. The van der Waals surface area contributed by atoms with Gasteiger partial charge in [0, 0.05) is 18.8 Å². The van der Waals surface area contributed by atoms with Crippen molar-refractivity contribution < 1.29 is 9.47 Å². The van der Waals surface area contributed by atoms with Crippen molar-refractivity contribution in [3.63, 3.8) is 0 Å². The molecule has 1 aliphatic heterocycles. The van der Waals surface area contributed by atoms with E-state index in [0.717, 1.165) is 29.0 Å². The Kier molecular flexibility index (Phi) is 3.80. The van der Waals surface area contributed by atoms with E-state index in [1.165, 1.54) is 0 Å². The maximum atomic E-state index is 5.71. The third-order valence-electron chi connectivity index (χ3n) is 3.31. The Morgan fingerprint density at radius 2 is 1.75 bits per heavy atom. The van der Waals surface area contributed by atoms with Gasteiger partial charge in [-0.2, -0.15) is 0 Å². The van der Waals surface area contributed by atoms with Crippen molar-refractivity contribution in [2.24, 2.45) is 5.84 Å². The number of rotatable bonds is 3. The minimum absolute atomic E-state index is 0.102. The lowest BCUT2D eigenvalue weighted by molar-refractivity contribution is 0.297. The lowest BCUT2D eigenvalue weighted by Gasteiger charge is -2.18. The number of nitrogens with two attached hydrogens (primary N) is 1. The first kappa shape index (κ1) is 12.9. The minimum Gasteiger partial charge on any atom is -0.490 e. The number of hydrogen-bond donors (Lipinski definition) is 2. The summed E-state index contributed by atoms with van der Waals surface area (Å²) in [7, 11) is 0. The minimum atomic E-state index is -0.102. The van der Waals surface area contributed by atoms with E-state index in [9.17, 15) is 0 Å². The summed E-state index contributed by atoms with van der Waals surface area (Å²) in [5.74, 6) is 7.26. The average molecular weight is 271 g/mol. The molecule has 2 aromatic rings. The topological polar surface area (TPSA) is 69.4 Å².